The number of nitrogens with zero attached hydrogens (tertiary/aromatic N) is 6. The summed E-state index contributed by atoms with van der Waals surface area (Å²) in [6, 6.07) is 14.4. The maximum Gasteiger partial charge on any atom is 0.414 e. The number of guanidine groups is 2. The molecule has 2 aromatic rings. The standard InChI is InChI=1S/C18H25N5O4.C17H23N5O4/c19-17(20)21-9-12-1-3-14(4-2-12)23-11-15(27-18(23)26)10-22-7-5-13(6-8-22)16(24)25;18-16(19)20-12-1-3-13(4-2-12)22-10-14(26-17(22)25)9-21-7-5-11(6-8-21)15(23)24/h1-4,13,15H,5-11H2,(H,24,25)(H4,19,20,21);1-4,11,14H,5-10H2,(H,23,24)(H4,18,19,20). The van der Waals surface area contributed by atoms with Gasteiger partial charge < -0.3 is 42.6 Å². The Hall–Kier alpha value is -5.62. The van der Waals surface area contributed by atoms with Crippen LogP contribution in [-0.4, -0.2) is 121 Å². The number of likely N-dealkylation sites (tertiary alicyclic amines) is 2. The van der Waals surface area contributed by atoms with Gasteiger partial charge in [-0.1, -0.05) is 12.1 Å². The summed E-state index contributed by atoms with van der Waals surface area (Å²) < 4.78 is 11.0. The van der Waals surface area contributed by atoms with E-state index in [9.17, 15) is 19.2 Å². The summed E-state index contributed by atoms with van der Waals surface area (Å²) >= 11 is 0. The first-order chi connectivity index (χ1) is 25.3. The van der Waals surface area contributed by atoms with Gasteiger partial charge >= 0.3 is 24.1 Å². The number of hydrogen-bond donors (Lipinski definition) is 6. The van der Waals surface area contributed by atoms with E-state index in [-0.39, 0.29) is 48.1 Å². The predicted octanol–water partition coefficient (Wildman–Crippen LogP) is 1.30. The highest BCUT2D eigenvalue weighted by molar-refractivity contribution is 5.90. The highest BCUT2D eigenvalue weighted by Crippen LogP contribution is 2.27. The molecular weight excluding hydrogens is 688 g/mol. The Kier molecular flexibility index (Phi) is 12.9. The maximum absolute atomic E-state index is 12.2. The molecule has 0 aliphatic carbocycles. The molecule has 10 N–H and O–H groups in total. The van der Waals surface area contributed by atoms with Crippen LogP contribution in [0.15, 0.2) is 58.5 Å². The number of carbonyl (C=O) groups excluding carboxylic acids is 2. The van der Waals surface area contributed by atoms with E-state index in [4.69, 9.17) is 42.6 Å². The van der Waals surface area contributed by atoms with E-state index in [1.165, 1.54) is 0 Å². The number of carbonyl (C=O) groups is 4. The smallest absolute Gasteiger partial charge is 0.414 e. The Morgan fingerprint density at radius 1 is 0.660 bits per heavy atom. The number of anilines is 2. The number of rotatable bonds is 11. The maximum atomic E-state index is 12.2. The minimum atomic E-state index is -0.729. The number of aliphatic carboxylic acids is 2. The average Bonchev–Trinajstić information content (AvgIpc) is 3.68. The van der Waals surface area contributed by atoms with Crippen LogP contribution in [0.25, 0.3) is 0 Å². The Balaban J connectivity index is 0.000000204. The second kappa shape index (κ2) is 17.7. The highest BCUT2D eigenvalue weighted by atomic mass is 16.6. The third-order valence-electron chi connectivity index (χ3n) is 9.66. The van der Waals surface area contributed by atoms with E-state index in [2.05, 4.69) is 19.8 Å². The van der Waals surface area contributed by atoms with Crippen molar-refractivity contribution in [2.45, 2.75) is 44.4 Å². The predicted molar refractivity (Wildman–Crippen MR) is 197 cm³/mol. The van der Waals surface area contributed by atoms with Crippen molar-refractivity contribution in [1.82, 2.24) is 9.80 Å². The van der Waals surface area contributed by atoms with E-state index in [1.807, 2.05) is 24.3 Å². The summed E-state index contributed by atoms with van der Waals surface area (Å²) in [5.41, 5.74) is 24.4. The van der Waals surface area contributed by atoms with Crippen LogP contribution in [0.5, 0.6) is 0 Å². The molecule has 2 aromatic carbocycles. The zero-order valence-electron chi connectivity index (χ0n) is 29.5. The number of benzene rings is 2. The molecule has 4 aliphatic rings. The number of nitrogens with two attached hydrogens (primary N) is 4. The highest BCUT2D eigenvalue weighted by Gasteiger charge is 2.36. The van der Waals surface area contributed by atoms with Gasteiger partial charge in [0.25, 0.3) is 0 Å². The van der Waals surface area contributed by atoms with Crippen molar-refractivity contribution in [1.29, 1.82) is 0 Å². The summed E-state index contributed by atoms with van der Waals surface area (Å²) in [6.07, 6.45) is 1.33. The van der Waals surface area contributed by atoms with E-state index >= 15 is 0 Å². The van der Waals surface area contributed by atoms with Gasteiger partial charge in [-0.25, -0.2) is 19.6 Å². The van der Waals surface area contributed by atoms with Crippen molar-refractivity contribution in [3.63, 3.8) is 0 Å². The molecule has 4 saturated heterocycles. The fourth-order valence-electron chi connectivity index (χ4n) is 6.78. The van der Waals surface area contributed by atoms with Crippen molar-refractivity contribution in [3.8, 4) is 0 Å². The van der Waals surface area contributed by atoms with Crippen molar-refractivity contribution in [2.75, 3.05) is 62.2 Å². The molecule has 53 heavy (non-hydrogen) atoms. The van der Waals surface area contributed by atoms with Gasteiger partial charge in [0.15, 0.2) is 11.9 Å². The third kappa shape index (κ3) is 10.9. The van der Waals surface area contributed by atoms with Crippen LogP contribution in [0.1, 0.15) is 31.2 Å². The lowest BCUT2D eigenvalue weighted by atomic mass is 9.97. The van der Waals surface area contributed by atoms with Gasteiger partial charge in [0.1, 0.15) is 12.2 Å². The zero-order valence-corrected chi connectivity index (χ0v) is 29.5. The van der Waals surface area contributed by atoms with Crippen LogP contribution >= 0.6 is 0 Å². The van der Waals surface area contributed by atoms with Crippen molar-refractivity contribution in [2.24, 2.45) is 44.8 Å². The van der Waals surface area contributed by atoms with E-state index in [0.717, 1.165) is 16.9 Å². The fraction of sp³-hybridized carbons (Fsp3) is 0.486. The monoisotopic (exact) mass is 736 g/mol. The topological polar surface area (TPSA) is 269 Å². The van der Waals surface area contributed by atoms with Crippen LogP contribution < -0.4 is 32.7 Å². The third-order valence-corrected chi connectivity index (χ3v) is 9.66. The van der Waals surface area contributed by atoms with E-state index in [1.54, 1.807) is 34.1 Å². The van der Waals surface area contributed by atoms with Gasteiger partial charge in [0, 0.05) is 24.5 Å². The zero-order chi connectivity index (χ0) is 38.1. The van der Waals surface area contributed by atoms with Crippen molar-refractivity contribution in [3.05, 3.63) is 54.1 Å². The molecule has 6 rings (SSSR count). The van der Waals surface area contributed by atoms with Crippen LogP contribution in [0, 0.1) is 11.8 Å². The molecule has 2 amide bonds. The van der Waals surface area contributed by atoms with E-state index in [0.29, 0.717) is 90.3 Å². The summed E-state index contributed by atoms with van der Waals surface area (Å²) in [7, 11) is 0. The van der Waals surface area contributed by atoms with Crippen LogP contribution in [0.3, 0.4) is 0 Å². The number of amides is 2. The molecule has 286 valence electrons. The van der Waals surface area contributed by atoms with Gasteiger partial charge in [-0.2, -0.15) is 0 Å². The minimum absolute atomic E-state index is 0.0231. The lowest BCUT2D eigenvalue weighted by Crippen LogP contribution is -2.41. The van der Waals surface area contributed by atoms with Gasteiger partial charge in [0.05, 0.1) is 37.2 Å². The summed E-state index contributed by atoms with van der Waals surface area (Å²) in [6.45, 7) is 5.40. The number of carboxylic acids is 2. The first kappa shape index (κ1) is 38.6. The SMILES string of the molecule is NC(N)=NCc1ccc(N2CC(CN3CCC(C(=O)O)CC3)OC2=O)cc1.NC(N)=Nc1ccc(N2CC(CN3CCC(C(=O)O)CC3)OC2=O)cc1. The normalized spacial score (nSPS) is 21.3. The first-order valence-electron chi connectivity index (χ1n) is 17.5. The van der Waals surface area contributed by atoms with Crippen molar-refractivity contribution < 1.29 is 38.9 Å². The molecular formula is C35H48N10O8. The number of aliphatic imine (C=N–C) groups is 2. The van der Waals surface area contributed by atoms with Crippen LogP contribution in [0.2, 0.25) is 0 Å². The van der Waals surface area contributed by atoms with Crippen LogP contribution in [0.4, 0.5) is 26.7 Å². The lowest BCUT2D eigenvalue weighted by Gasteiger charge is -2.31. The summed E-state index contributed by atoms with van der Waals surface area (Å²) in [5.74, 6) is -1.97. The summed E-state index contributed by atoms with van der Waals surface area (Å²) in [5, 5.41) is 18.1. The fourth-order valence-corrected chi connectivity index (χ4v) is 6.78. The number of cyclic esters (lactones) is 2. The average molecular weight is 737 g/mol. The number of piperidine rings is 2. The lowest BCUT2D eigenvalue weighted by molar-refractivity contribution is -0.144. The molecule has 0 saturated carbocycles. The summed E-state index contributed by atoms with van der Waals surface area (Å²) in [4.78, 5) is 61.8. The van der Waals surface area contributed by atoms with Gasteiger partial charge in [0.2, 0.25) is 0 Å². The molecule has 4 aliphatic heterocycles. The first-order valence-corrected chi connectivity index (χ1v) is 17.5. The Morgan fingerprint density at radius 2 is 1.08 bits per heavy atom. The second-order valence-electron chi connectivity index (χ2n) is 13.5. The molecule has 0 radical (unpaired) electrons. The van der Waals surface area contributed by atoms with Gasteiger partial charge in [-0.05, 0) is 93.8 Å². The van der Waals surface area contributed by atoms with Gasteiger partial charge in [-0.3, -0.25) is 29.2 Å². The largest absolute Gasteiger partial charge is 0.481 e. The Labute approximate surface area is 307 Å². The minimum Gasteiger partial charge on any atom is -0.481 e. The quantitative estimate of drug-likeness (QED) is 0.140. The number of ether oxygens (including phenoxy) is 2. The molecule has 4 fully saturated rings. The van der Waals surface area contributed by atoms with Gasteiger partial charge in [-0.15, -0.1) is 0 Å². The van der Waals surface area contributed by atoms with Crippen LogP contribution in [-0.2, 0) is 25.6 Å². The molecule has 0 aromatic heterocycles. The molecule has 0 spiro atoms. The second-order valence-corrected chi connectivity index (χ2v) is 13.5. The molecule has 0 bridgehead atoms. The molecule has 18 heteroatoms. The van der Waals surface area contributed by atoms with Crippen molar-refractivity contribution >= 4 is 53.1 Å². The molecule has 2 unspecified atom stereocenters. The Morgan fingerprint density at radius 3 is 1.45 bits per heavy atom. The number of carboxylic acid groups (broad SMARTS) is 2. The Bertz CT molecular complexity index is 1650. The molecule has 18 nitrogen and oxygen atoms in total. The van der Waals surface area contributed by atoms with E-state index < -0.39 is 11.9 Å². The molecule has 2 atom stereocenters. The molecule has 4 heterocycles. The number of hydrogen-bond acceptors (Lipinski definition) is 10.